The molecule has 3 atom stereocenters. The number of aryl methyl sites for hydroxylation is 2. The first-order valence-corrected chi connectivity index (χ1v) is 16.5. The molecule has 3 aromatic rings. The molecule has 6 rings (SSSR count). The Balaban J connectivity index is 1.25. The van der Waals surface area contributed by atoms with E-state index in [1.54, 1.807) is 12.1 Å². The third-order valence-corrected chi connectivity index (χ3v) is 10.8. The Morgan fingerprint density at radius 2 is 1.86 bits per heavy atom. The van der Waals surface area contributed by atoms with Crippen LogP contribution in [0.3, 0.4) is 0 Å². The highest BCUT2D eigenvalue weighted by Gasteiger charge is 2.52. The van der Waals surface area contributed by atoms with Crippen molar-refractivity contribution in [3.8, 4) is 0 Å². The Hall–Kier alpha value is -3.39. The van der Waals surface area contributed by atoms with Crippen molar-refractivity contribution < 1.29 is 13.9 Å². The molecule has 0 unspecified atom stereocenters. The van der Waals surface area contributed by atoms with E-state index in [1.807, 2.05) is 12.3 Å². The predicted molar refractivity (Wildman–Crippen MR) is 172 cm³/mol. The summed E-state index contributed by atoms with van der Waals surface area (Å²) in [4.78, 5) is 22.3. The number of nitrogens with one attached hydrogen (secondary N) is 1. The second-order valence-corrected chi connectivity index (χ2v) is 13.3. The minimum Gasteiger partial charge on any atom is -0.453 e. The molecule has 0 spiro atoms. The number of halogens is 1. The number of hydrogen-bond acceptors (Lipinski definition) is 5. The Morgan fingerprint density at radius 3 is 2.57 bits per heavy atom. The maximum Gasteiger partial charge on any atom is 0.407 e. The highest BCUT2D eigenvalue weighted by Crippen LogP contribution is 2.52. The monoisotopic (exact) mass is 601 g/mol. The molecule has 44 heavy (non-hydrogen) atoms. The lowest BCUT2D eigenvalue weighted by molar-refractivity contribution is 0.0541. The van der Waals surface area contributed by atoms with Crippen LogP contribution in [0.5, 0.6) is 0 Å². The van der Waals surface area contributed by atoms with Crippen LogP contribution in [0.15, 0.2) is 60.9 Å². The smallest absolute Gasteiger partial charge is 0.407 e. The van der Waals surface area contributed by atoms with Gasteiger partial charge in [0.25, 0.3) is 0 Å². The van der Waals surface area contributed by atoms with E-state index in [9.17, 15) is 4.79 Å². The van der Waals surface area contributed by atoms with Gasteiger partial charge >= 0.3 is 6.09 Å². The first-order valence-electron chi connectivity index (χ1n) is 16.5. The van der Waals surface area contributed by atoms with E-state index in [4.69, 9.17) is 4.74 Å². The van der Waals surface area contributed by atoms with Gasteiger partial charge in [0.2, 0.25) is 0 Å². The Bertz CT molecular complexity index is 1400. The van der Waals surface area contributed by atoms with Crippen molar-refractivity contribution in [2.75, 3.05) is 44.7 Å². The van der Waals surface area contributed by atoms with Crippen LogP contribution < -0.4 is 10.2 Å². The van der Waals surface area contributed by atoms with E-state index in [0.717, 1.165) is 89.2 Å². The number of amides is 1. The van der Waals surface area contributed by atoms with E-state index in [-0.39, 0.29) is 29.3 Å². The van der Waals surface area contributed by atoms with Crippen LogP contribution in [0.1, 0.15) is 56.0 Å². The van der Waals surface area contributed by atoms with Crippen LogP contribution >= 0.6 is 0 Å². The number of benzene rings is 2. The number of nitrogens with zero attached hydrogens (tertiary/aromatic N) is 4. The van der Waals surface area contributed by atoms with E-state index in [0.29, 0.717) is 11.8 Å². The summed E-state index contributed by atoms with van der Waals surface area (Å²) in [5.41, 5.74) is 3.30. The quantitative estimate of drug-likeness (QED) is 0.300. The number of carbonyl (C=O) groups excluding carboxylic acids is 1. The van der Waals surface area contributed by atoms with Gasteiger partial charge in [-0.15, -0.1) is 0 Å². The lowest BCUT2D eigenvalue weighted by atomic mass is 9.58. The second-order valence-electron chi connectivity index (χ2n) is 13.3. The van der Waals surface area contributed by atoms with Crippen molar-refractivity contribution in [2.45, 2.75) is 70.4 Å². The third-order valence-electron chi connectivity index (χ3n) is 10.8. The van der Waals surface area contributed by atoms with Gasteiger partial charge in [-0.25, -0.2) is 14.2 Å². The summed E-state index contributed by atoms with van der Waals surface area (Å²) in [6.45, 7) is 10.4. The van der Waals surface area contributed by atoms with Gasteiger partial charge in [0.15, 0.2) is 0 Å². The van der Waals surface area contributed by atoms with Crippen molar-refractivity contribution in [1.29, 1.82) is 0 Å². The maximum absolute atomic E-state index is 15.0. The van der Waals surface area contributed by atoms with E-state index < -0.39 is 0 Å². The molecule has 1 saturated carbocycles. The largest absolute Gasteiger partial charge is 0.453 e. The summed E-state index contributed by atoms with van der Waals surface area (Å²) in [5.74, 6) is 2.01. The second kappa shape index (κ2) is 13.3. The molecule has 2 aromatic carbocycles. The van der Waals surface area contributed by atoms with Gasteiger partial charge in [-0.2, -0.15) is 0 Å². The summed E-state index contributed by atoms with van der Waals surface area (Å²) in [7, 11) is 1.43. The fourth-order valence-electron chi connectivity index (χ4n) is 8.56. The fraction of sp³-hybridized carbons (Fsp3) is 0.556. The number of methoxy groups -OCH3 is 1. The Labute approximate surface area is 261 Å². The summed E-state index contributed by atoms with van der Waals surface area (Å²) in [5, 5.41) is 3.19. The number of anilines is 1. The number of ether oxygens (including phenoxy) is 1. The van der Waals surface area contributed by atoms with Crippen LogP contribution in [0.4, 0.5) is 14.9 Å². The van der Waals surface area contributed by atoms with Gasteiger partial charge in [-0.1, -0.05) is 43.2 Å². The molecule has 7 nitrogen and oxygen atoms in total. The average molecular weight is 602 g/mol. The molecular formula is C36H48FN5O2. The normalized spacial score (nSPS) is 22.9. The highest BCUT2D eigenvalue weighted by atomic mass is 19.1. The first-order chi connectivity index (χ1) is 21.4. The van der Waals surface area contributed by atoms with E-state index in [2.05, 4.69) is 75.0 Å². The molecule has 3 aliphatic rings. The number of alkyl carbamates (subject to hydrolysis) is 1. The standard InChI is InChI=1S/C36H48FN5O2/c1-4-34-38-17-20-41(34)25-36(29-7-5-8-30(37)21-29,32-9-6-10-33(32)39-35(43)44-3)28-15-18-40(19-16-28)22-27-23-42(24-27)31-13-11-26(2)12-14-31/h5,7-8,11-14,17,20-21,27-28,32-33H,4,6,9-10,15-16,18-19,22-25H2,1-3H3,(H,39,43)/t32-,33-,36-/m0/s1. The summed E-state index contributed by atoms with van der Waals surface area (Å²) in [6.07, 6.45) is 9.41. The van der Waals surface area contributed by atoms with Gasteiger partial charge in [0, 0.05) is 68.1 Å². The van der Waals surface area contributed by atoms with Crippen molar-refractivity contribution in [3.05, 3.63) is 83.7 Å². The number of likely N-dealkylation sites (tertiary alicyclic amines) is 1. The number of rotatable bonds is 10. The third kappa shape index (κ3) is 6.23. The highest BCUT2D eigenvalue weighted by molar-refractivity contribution is 5.67. The van der Waals surface area contributed by atoms with Crippen LogP contribution in [-0.4, -0.2) is 66.4 Å². The molecule has 1 N–H and O–H groups in total. The van der Waals surface area contributed by atoms with Crippen LogP contribution in [0.2, 0.25) is 0 Å². The molecule has 2 saturated heterocycles. The Kier molecular flexibility index (Phi) is 9.26. The predicted octanol–water partition coefficient (Wildman–Crippen LogP) is 6.20. The lowest BCUT2D eigenvalue weighted by Crippen LogP contribution is -2.56. The van der Waals surface area contributed by atoms with E-state index in [1.165, 1.54) is 18.4 Å². The molecule has 0 bridgehead atoms. The Morgan fingerprint density at radius 1 is 1.09 bits per heavy atom. The molecule has 3 heterocycles. The molecule has 1 aliphatic carbocycles. The van der Waals surface area contributed by atoms with Crippen molar-refractivity contribution in [2.24, 2.45) is 17.8 Å². The van der Waals surface area contributed by atoms with Gasteiger partial charge in [0.05, 0.1) is 7.11 Å². The average Bonchev–Trinajstić information content (AvgIpc) is 3.67. The van der Waals surface area contributed by atoms with Gasteiger partial charge in [0.1, 0.15) is 11.6 Å². The summed E-state index contributed by atoms with van der Waals surface area (Å²) >= 11 is 0. The minimum absolute atomic E-state index is 0.0277. The van der Waals surface area contributed by atoms with Gasteiger partial charge in [-0.05, 0) is 87.4 Å². The number of carbonyl (C=O) groups is 1. The van der Waals surface area contributed by atoms with Crippen molar-refractivity contribution in [1.82, 2.24) is 19.8 Å². The number of imidazole rings is 1. The van der Waals surface area contributed by atoms with Crippen LogP contribution in [0.25, 0.3) is 0 Å². The number of aromatic nitrogens is 2. The molecular weight excluding hydrogens is 553 g/mol. The van der Waals surface area contributed by atoms with E-state index >= 15 is 4.39 Å². The maximum atomic E-state index is 15.0. The zero-order chi connectivity index (χ0) is 30.7. The molecule has 8 heteroatoms. The minimum atomic E-state index is -0.387. The fourth-order valence-corrected chi connectivity index (χ4v) is 8.56. The van der Waals surface area contributed by atoms with Crippen molar-refractivity contribution in [3.63, 3.8) is 0 Å². The number of piperidine rings is 1. The van der Waals surface area contributed by atoms with Gasteiger partial charge in [-0.3, -0.25) is 0 Å². The molecule has 1 amide bonds. The SMILES string of the molecule is CCc1nccn1C[C@@](c1cccc(F)c1)(C1CCN(CC2CN(c3ccc(C)cc3)C2)CC1)[C@H]1CCC[C@@H]1NC(=O)OC. The van der Waals surface area contributed by atoms with Crippen molar-refractivity contribution >= 4 is 11.8 Å². The summed E-state index contributed by atoms with van der Waals surface area (Å²) in [6, 6.07) is 16.1. The topological polar surface area (TPSA) is 62.6 Å². The molecule has 236 valence electrons. The molecule has 3 fully saturated rings. The van der Waals surface area contributed by atoms with Crippen LogP contribution in [-0.2, 0) is 23.1 Å². The number of hydrogen-bond donors (Lipinski definition) is 1. The van der Waals surface area contributed by atoms with Gasteiger partial charge < -0.3 is 24.4 Å². The van der Waals surface area contributed by atoms with Crippen LogP contribution in [0, 0.1) is 30.5 Å². The molecule has 1 aromatic heterocycles. The molecule has 0 radical (unpaired) electrons. The zero-order valence-corrected chi connectivity index (χ0v) is 26.6. The first kappa shape index (κ1) is 30.6. The lowest BCUT2D eigenvalue weighted by Gasteiger charge is -2.51. The summed E-state index contributed by atoms with van der Waals surface area (Å²) < 4.78 is 22.4. The molecule has 2 aliphatic heterocycles. The zero-order valence-electron chi connectivity index (χ0n) is 26.6.